The number of amides is 1. The van der Waals surface area contributed by atoms with Crippen LogP contribution in [0.2, 0.25) is 0 Å². The smallest absolute Gasteiger partial charge is 0.290 e. The molecular weight excluding hydrogens is 404 g/mol. The van der Waals surface area contributed by atoms with Crippen LogP contribution in [0.25, 0.3) is 0 Å². The zero-order valence-electron chi connectivity index (χ0n) is 16.3. The number of aliphatic hydroxyl groups excluding tert-OH is 1. The number of hydrogen-bond donors (Lipinski definition) is 2. The maximum atomic E-state index is 13.0. The minimum atomic E-state index is -0.971. The number of carbonyl (C=O) groups excluding carboxylic acids is 2. The summed E-state index contributed by atoms with van der Waals surface area (Å²) in [4.78, 5) is 40.9. The van der Waals surface area contributed by atoms with Crippen molar-refractivity contribution in [2.45, 2.75) is 19.0 Å². The number of carbonyl (C=O) groups is 2. The Hall–Kier alpha value is -4.21. The number of ketones is 1. The van der Waals surface area contributed by atoms with Crippen molar-refractivity contribution >= 4 is 17.4 Å². The second kappa shape index (κ2) is 8.27. The minimum Gasteiger partial charge on any atom is -0.503 e. The number of nitro benzene ring substituents is 1. The van der Waals surface area contributed by atoms with E-state index in [0.29, 0.717) is 18.5 Å². The first-order valence-electron chi connectivity index (χ1n) is 9.56. The Kier molecular flexibility index (Phi) is 5.35. The Labute approximate surface area is 176 Å². The number of Topliss-reactive ketones (excluding diaryl/α,β-unsaturated/α-hetero) is 1. The van der Waals surface area contributed by atoms with Gasteiger partial charge in [0.1, 0.15) is 12.4 Å². The third kappa shape index (κ3) is 3.82. The molecule has 0 fully saturated rings. The second-order valence-electron chi connectivity index (χ2n) is 7.02. The van der Waals surface area contributed by atoms with E-state index in [0.717, 1.165) is 0 Å². The summed E-state index contributed by atoms with van der Waals surface area (Å²) in [6, 6.07) is 7.69. The average Bonchev–Trinajstić information content (AvgIpc) is 3.52. The fourth-order valence-corrected chi connectivity index (χ4v) is 3.70. The molecule has 3 heterocycles. The van der Waals surface area contributed by atoms with Gasteiger partial charge in [-0.1, -0.05) is 12.1 Å². The molecule has 0 aliphatic carbocycles. The van der Waals surface area contributed by atoms with Gasteiger partial charge in [-0.25, -0.2) is 4.57 Å². The summed E-state index contributed by atoms with van der Waals surface area (Å²) in [5, 5.41) is 21.8. The predicted octanol–water partition coefficient (Wildman–Crippen LogP) is 2.47. The number of aromatic amines is 1. The van der Waals surface area contributed by atoms with Crippen LogP contribution in [0.3, 0.4) is 0 Å². The lowest BCUT2D eigenvalue weighted by Crippen LogP contribution is -2.36. The van der Waals surface area contributed by atoms with Gasteiger partial charge < -0.3 is 14.4 Å². The molecule has 1 aliphatic rings. The molecule has 0 spiro atoms. The molecule has 3 aromatic rings. The summed E-state index contributed by atoms with van der Waals surface area (Å²) < 4.78 is 7.06. The van der Waals surface area contributed by atoms with Crippen LogP contribution in [0.1, 0.15) is 28.6 Å². The second-order valence-corrected chi connectivity index (χ2v) is 7.02. The van der Waals surface area contributed by atoms with E-state index in [1.54, 1.807) is 18.6 Å². The van der Waals surface area contributed by atoms with E-state index in [1.807, 2.05) is 10.8 Å². The highest BCUT2D eigenvalue weighted by Gasteiger charge is 2.44. The van der Waals surface area contributed by atoms with Crippen LogP contribution in [-0.4, -0.2) is 38.1 Å². The summed E-state index contributed by atoms with van der Waals surface area (Å²) >= 11 is 0. The maximum absolute atomic E-state index is 13.0. The van der Waals surface area contributed by atoms with E-state index in [4.69, 9.17) is 4.42 Å². The molecule has 0 bridgehead atoms. The Morgan fingerprint density at radius 2 is 2.16 bits per heavy atom. The summed E-state index contributed by atoms with van der Waals surface area (Å²) in [5.74, 6) is -2.05. The molecule has 0 saturated carbocycles. The van der Waals surface area contributed by atoms with Crippen molar-refractivity contribution in [2.75, 3.05) is 6.54 Å². The lowest BCUT2D eigenvalue weighted by Gasteiger charge is -2.26. The molecule has 1 unspecified atom stereocenters. The number of non-ortho nitro benzene ring substituents is 1. The Bertz CT molecular complexity index is 1150. The number of nitrogens with zero attached hydrogens (tertiary/aromatic N) is 3. The highest BCUT2D eigenvalue weighted by molar-refractivity contribution is 6.15. The molecule has 31 heavy (non-hydrogen) atoms. The van der Waals surface area contributed by atoms with E-state index < -0.39 is 28.4 Å². The normalized spacial score (nSPS) is 16.2. The fourth-order valence-electron chi connectivity index (χ4n) is 3.70. The van der Waals surface area contributed by atoms with Gasteiger partial charge in [-0.2, -0.15) is 0 Å². The van der Waals surface area contributed by atoms with Crippen molar-refractivity contribution in [1.29, 1.82) is 0 Å². The van der Waals surface area contributed by atoms with Crippen LogP contribution in [-0.2, 0) is 11.3 Å². The molecule has 10 heteroatoms. The molecule has 4 rings (SSSR count). The SMILES string of the molecule is O=C(C1=C(O)C(=O)N(CCC[n+]2cc[nH]c2)C1c1cccc([N+](=O)[O-])c1)c1ccco1. The van der Waals surface area contributed by atoms with Gasteiger partial charge in [-0.05, 0) is 17.7 Å². The Morgan fingerprint density at radius 1 is 1.32 bits per heavy atom. The zero-order valence-corrected chi connectivity index (χ0v) is 16.3. The van der Waals surface area contributed by atoms with E-state index >= 15 is 0 Å². The molecule has 1 aliphatic heterocycles. The number of hydrogen-bond acceptors (Lipinski definition) is 6. The van der Waals surface area contributed by atoms with Gasteiger partial charge in [-0.3, -0.25) is 24.7 Å². The summed E-state index contributed by atoms with van der Waals surface area (Å²) in [7, 11) is 0. The van der Waals surface area contributed by atoms with Gasteiger partial charge in [0.05, 0.1) is 29.3 Å². The molecule has 1 aromatic carbocycles. The van der Waals surface area contributed by atoms with Gasteiger partial charge >= 0.3 is 0 Å². The molecule has 2 N–H and O–H groups in total. The summed E-state index contributed by atoms with van der Waals surface area (Å²) in [6.45, 7) is 0.820. The number of imidazole rings is 1. The van der Waals surface area contributed by atoms with Crippen molar-refractivity contribution in [3.63, 3.8) is 0 Å². The third-order valence-electron chi connectivity index (χ3n) is 5.11. The first-order valence-corrected chi connectivity index (χ1v) is 9.56. The highest BCUT2D eigenvalue weighted by Crippen LogP contribution is 2.39. The molecule has 10 nitrogen and oxygen atoms in total. The lowest BCUT2D eigenvalue weighted by molar-refractivity contribution is -0.695. The van der Waals surface area contributed by atoms with Crippen molar-refractivity contribution < 1.29 is 28.6 Å². The van der Waals surface area contributed by atoms with Crippen LogP contribution >= 0.6 is 0 Å². The van der Waals surface area contributed by atoms with Gasteiger partial charge in [-0.15, -0.1) is 0 Å². The number of nitro groups is 1. The first kappa shape index (κ1) is 20.1. The van der Waals surface area contributed by atoms with Crippen LogP contribution in [0.15, 0.2) is 77.1 Å². The number of aliphatic hydroxyl groups is 1. The average molecular weight is 423 g/mol. The van der Waals surface area contributed by atoms with E-state index in [9.17, 15) is 24.8 Å². The standard InChI is InChI=1S/C21H18N4O6/c26-19(16-6-2-11-31-16)17-18(14-4-1-5-15(12-14)25(29)30)24(21(28)20(17)27)9-3-8-23-10-7-22-13-23/h1-2,4-7,10-13,18H,3,8-9H2,(H,26,27)/p+1. The number of benzene rings is 1. The van der Waals surface area contributed by atoms with Crippen molar-refractivity contribution in [3.8, 4) is 0 Å². The number of nitrogens with one attached hydrogen (secondary N) is 1. The monoisotopic (exact) mass is 423 g/mol. The number of aromatic nitrogens is 2. The molecule has 1 amide bonds. The number of H-pyrrole nitrogens is 1. The molecule has 2 aromatic heterocycles. The molecule has 0 radical (unpaired) electrons. The molecule has 0 saturated heterocycles. The van der Waals surface area contributed by atoms with Crippen LogP contribution < -0.4 is 4.57 Å². The summed E-state index contributed by atoms with van der Waals surface area (Å²) in [6.07, 6.45) is 7.22. The van der Waals surface area contributed by atoms with E-state index in [1.165, 1.54) is 41.5 Å². The highest BCUT2D eigenvalue weighted by atomic mass is 16.6. The van der Waals surface area contributed by atoms with Gasteiger partial charge in [0.15, 0.2) is 11.5 Å². The first-order chi connectivity index (χ1) is 15.0. The molecule has 158 valence electrons. The largest absolute Gasteiger partial charge is 0.503 e. The quantitative estimate of drug-likeness (QED) is 0.247. The third-order valence-corrected chi connectivity index (χ3v) is 5.11. The van der Waals surface area contributed by atoms with Crippen molar-refractivity contribution in [2.24, 2.45) is 0 Å². The molecule has 1 atom stereocenters. The van der Waals surface area contributed by atoms with Gasteiger partial charge in [0, 0.05) is 25.1 Å². The topological polar surface area (TPSA) is 134 Å². The zero-order chi connectivity index (χ0) is 22.0. The van der Waals surface area contributed by atoms with E-state index in [2.05, 4.69) is 4.98 Å². The van der Waals surface area contributed by atoms with Crippen LogP contribution in [0.4, 0.5) is 5.69 Å². The van der Waals surface area contributed by atoms with E-state index in [-0.39, 0.29) is 23.6 Å². The maximum Gasteiger partial charge on any atom is 0.290 e. The summed E-state index contributed by atoms with van der Waals surface area (Å²) in [5.41, 5.74) is 0.0227. The van der Waals surface area contributed by atoms with Crippen LogP contribution in [0.5, 0.6) is 0 Å². The molecular formula is C21H19N4O6+. The Balaban J connectivity index is 1.70. The minimum absolute atomic E-state index is 0.0329. The fraction of sp³-hybridized carbons (Fsp3) is 0.190. The number of aryl methyl sites for hydroxylation is 1. The van der Waals surface area contributed by atoms with Crippen LogP contribution in [0, 0.1) is 10.1 Å². The van der Waals surface area contributed by atoms with Crippen molar-refractivity contribution in [1.82, 2.24) is 9.88 Å². The van der Waals surface area contributed by atoms with Crippen molar-refractivity contribution in [3.05, 3.63) is 94.2 Å². The van der Waals surface area contributed by atoms with Gasteiger partial charge in [0.25, 0.3) is 11.6 Å². The van der Waals surface area contributed by atoms with Gasteiger partial charge in [0.2, 0.25) is 12.1 Å². The number of rotatable bonds is 8. The Morgan fingerprint density at radius 3 is 2.84 bits per heavy atom. The lowest BCUT2D eigenvalue weighted by atomic mass is 9.94. The number of furan rings is 1. The predicted molar refractivity (Wildman–Crippen MR) is 106 cm³/mol.